The van der Waals surface area contributed by atoms with Gasteiger partial charge in [-0.15, -0.1) is 0 Å². The number of amides is 1. The van der Waals surface area contributed by atoms with E-state index in [1.807, 2.05) is 29.3 Å². The fourth-order valence-corrected chi connectivity index (χ4v) is 3.52. The molecule has 0 radical (unpaired) electrons. The van der Waals surface area contributed by atoms with E-state index >= 15 is 0 Å². The maximum Gasteiger partial charge on any atom is 0.254 e. The molecule has 0 unspecified atom stereocenters. The maximum atomic E-state index is 12.8. The van der Waals surface area contributed by atoms with Crippen LogP contribution in [-0.4, -0.2) is 41.0 Å². The van der Waals surface area contributed by atoms with Crippen LogP contribution in [-0.2, 0) is 13.0 Å². The molecule has 0 saturated carbocycles. The maximum absolute atomic E-state index is 12.8. The quantitative estimate of drug-likeness (QED) is 0.928. The van der Waals surface area contributed by atoms with E-state index in [1.54, 1.807) is 13.2 Å². The predicted octanol–water partition coefficient (Wildman–Crippen LogP) is 2.11. The Morgan fingerprint density at radius 2 is 2.32 bits per heavy atom. The molecular formula is C19H22N4O2. The molecule has 4 rings (SSSR count). The first-order valence-corrected chi connectivity index (χ1v) is 8.76. The molecule has 1 aromatic heterocycles. The Labute approximate surface area is 147 Å². The first-order chi connectivity index (χ1) is 12.2. The van der Waals surface area contributed by atoms with Crippen LogP contribution in [0.5, 0.6) is 5.75 Å². The summed E-state index contributed by atoms with van der Waals surface area (Å²) in [5, 5.41) is 3.44. The van der Waals surface area contributed by atoms with E-state index in [0.29, 0.717) is 24.4 Å². The van der Waals surface area contributed by atoms with Crippen molar-refractivity contribution >= 4 is 5.91 Å². The van der Waals surface area contributed by atoms with Gasteiger partial charge in [0.2, 0.25) is 0 Å². The number of hydrogen-bond acceptors (Lipinski definition) is 5. The summed E-state index contributed by atoms with van der Waals surface area (Å²) in [6, 6.07) is 7.57. The zero-order chi connectivity index (χ0) is 17.2. The second-order valence-corrected chi connectivity index (χ2v) is 6.56. The average Bonchev–Trinajstić information content (AvgIpc) is 3.21. The summed E-state index contributed by atoms with van der Waals surface area (Å²) in [4.78, 5) is 23.9. The lowest BCUT2D eigenvalue weighted by Gasteiger charge is -2.28. The molecule has 0 aliphatic carbocycles. The Morgan fingerprint density at radius 1 is 1.40 bits per heavy atom. The molecule has 1 atom stereocenters. The number of ether oxygens (including phenoxy) is 1. The number of fused-ring (bicyclic) bond motifs is 1. The van der Waals surface area contributed by atoms with Crippen LogP contribution in [0, 0.1) is 0 Å². The van der Waals surface area contributed by atoms with Gasteiger partial charge in [-0.2, -0.15) is 0 Å². The molecule has 0 spiro atoms. The van der Waals surface area contributed by atoms with Crippen molar-refractivity contribution in [2.75, 3.05) is 20.2 Å². The number of carbonyl (C=O) groups is 1. The summed E-state index contributed by atoms with van der Waals surface area (Å²) in [6.45, 7) is 2.27. The van der Waals surface area contributed by atoms with E-state index in [0.717, 1.165) is 36.5 Å². The van der Waals surface area contributed by atoms with Crippen LogP contribution in [0.4, 0.5) is 0 Å². The van der Waals surface area contributed by atoms with Crippen molar-refractivity contribution in [3.05, 3.63) is 53.1 Å². The third kappa shape index (κ3) is 3.22. The Bertz CT molecular complexity index is 787. The van der Waals surface area contributed by atoms with Crippen LogP contribution in [0.3, 0.4) is 0 Å². The minimum absolute atomic E-state index is 0.0195. The molecule has 3 heterocycles. The van der Waals surface area contributed by atoms with E-state index in [9.17, 15) is 4.79 Å². The Morgan fingerprint density at radius 3 is 3.12 bits per heavy atom. The summed E-state index contributed by atoms with van der Waals surface area (Å²) in [5.74, 6) is 1.61. The molecule has 2 aliphatic heterocycles. The van der Waals surface area contributed by atoms with Gasteiger partial charge in [0, 0.05) is 36.8 Å². The van der Waals surface area contributed by atoms with Gasteiger partial charge in [0.05, 0.1) is 18.8 Å². The molecule has 1 saturated heterocycles. The number of hydrogen-bond donors (Lipinski definition) is 1. The number of aromatic nitrogens is 2. The van der Waals surface area contributed by atoms with Gasteiger partial charge in [-0.05, 0) is 37.6 Å². The third-order valence-electron chi connectivity index (χ3n) is 4.93. The van der Waals surface area contributed by atoms with E-state index in [1.165, 1.54) is 6.42 Å². The summed E-state index contributed by atoms with van der Waals surface area (Å²) in [6.07, 6.45) is 4.93. The molecule has 1 fully saturated rings. The lowest BCUT2D eigenvalue weighted by molar-refractivity contribution is 0.0732. The predicted molar refractivity (Wildman–Crippen MR) is 93.4 cm³/mol. The highest BCUT2D eigenvalue weighted by molar-refractivity contribution is 5.94. The topological polar surface area (TPSA) is 67.3 Å². The fraction of sp³-hybridized carbons (Fsp3) is 0.421. The van der Waals surface area contributed by atoms with Gasteiger partial charge in [-0.1, -0.05) is 6.07 Å². The first-order valence-electron chi connectivity index (χ1n) is 8.76. The molecule has 6 heteroatoms. The van der Waals surface area contributed by atoms with Gasteiger partial charge < -0.3 is 15.0 Å². The normalized spacial score (nSPS) is 19.6. The van der Waals surface area contributed by atoms with Crippen LogP contribution < -0.4 is 10.1 Å². The lowest BCUT2D eigenvalue weighted by atomic mass is 10.1. The molecule has 0 bridgehead atoms. The molecule has 25 heavy (non-hydrogen) atoms. The zero-order valence-corrected chi connectivity index (χ0v) is 14.4. The summed E-state index contributed by atoms with van der Waals surface area (Å²) >= 11 is 0. The second-order valence-electron chi connectivity index (χ2n) is 6.56. The van der Waals surface area contributed by atoms with Gasteiger partial charge in [0.15, 0.2) is 0 Å². The van der Waals surface area contributed by atoms with Crippen LogP contribution in [0.1, 0.15) is 46.3 Å². The van der Waals surface area contributed by atoms with E-state index in [-0.39, 0.29) is 11.9 Å². The van der Waals surface area contributed by atoms with Gasteiger partial charge in [-0.25, -0.2) is 9.97 Å². The number of rotatable bonds is 3. The first kappa shape index (κ1) is 16.0. The number of methoxy groups -OCH3 is 1. The molecule has 1 amide bonds. The minimum atomic E-state index is 0.0195. The van der Waals surface area contributed by atoms with E-state index in [4.69, 9.17) is 9.72 Å². The molecule has 1 N–H and O–H groups in total. The largest absolute Gasteiger partial charge is 0.497 e. The number of carbonyl (C=O) groups excluding carboxylic acids is 1. The second kappa shape index (κ2) is 6.80. The zero-order valence-electron chi connectivity index (χ0n) is 14.4. The van der Waals surface area contributed by atoms with Crippen LogP contribution in [0.15, 0.2) is 30.5 Å². The highest BCUT2D eigenvalue weighted by atomic mass is 16.5. The van der Waals surface area contributed by atoms with Crippen LogP contribution >= 0.6 is 0 Å². The van der Waals surface area contributed by atoms with E-state index in [2.05, 4.69) is 10.3 Å². The Balaban J connectivity index is 1.51. The molecule has 1 aromatic carbocycles. The van der Waals surface area contributed by atoms with Gasteiger partial charge in [-0.3, -0.25) is 4.79 Å². The monoisotopic (exact) mass is 338 g/mol. The summed E-state index contributed by atoms with van der Waals surface area (Å²) < 4.78 is 5.21. The average molecular weight is 338 g/mol. The van der Waals surface area contributed by atoms with Crippen molar-refractivity contribution in [1.29, 1.82) is 0 Å². The Hall–Kier alpha value is -2.47. The molecule has 2 aliphatic rings. The van der Waals surface area contributed by atoms with E-state index < -0.39 is 0 Å². The standard InChI is InChI=1S/C19H22N4O2/c1-25-15-5-2-4-13(10-15)19(24)23-9-7-16-14(12-23)11-21-18(22-16)17-6-3-8-20-17/h2,4-5,10-11,17,20H,3,6-9,12H2,1H3/t17-/m1/s1. The summed E-state index contributed by atoms with van der Waals surface area (Å²) in [5.41, 5.74) is 2.77. The highest BCUT2D eigenvalue weighted by Crippen LogP contribution is 2.24. The van der Waals surface area contributed by atoms with Crippen molar-refractivity contribution in [3.63, 3.8) is 0 Å². The SMILES string of the molecule is COc1cccc(C(=O)N2CCc3nc([C@H]4CCCN4)ncc3C2)c1. The van der Waals surface area contributed by atoms with Crippen molar-refractivity contribution < 1.29 is 9.53 Å². The third-order valence-corrected chi connectivity index (χ3v) is 4.93. The van der Waals surface area contributed by atoms with Crippen molar-refractivity contribution in [2.45, 2.75) is 31.8 Å². The van der Waals surface area contributed by atoms with Gasteiger partial charge >= 0.3 is 0 Å². The molecular weight excluding hydrogens is 316 g/mol. The van der Waals surface area contributed by atoms with Crippen molar-refractivity contribution in [1.82, 2.24) is 20.2 Å². The molecule has 6 nitrogen and oxygen atoms in total. The lowest BCUT2D eigenvalue weighted by Crippen LogP contribution is -2.36. The highest BCUT2D eigenvalue weighted by Gasteiger charge is 2.25. The minimum Gasteiger partial charge on any atom is -0.497 e. The fourth-order valence-electron chi connectivity index (χ4n) is 3.52. The number of nitrogens with zero attached hydrogens (tertiary/aromatic N) is 3. The Kier molecular flexibility index (Phi) is 4.36. The molecule has 130 valence electrons. The van der Waals surface area contributed by atoms with Crippen molar-refractivity contribution in [2.24, 2.45) is 0 Å². The summed E-state index contributed by atoms with van der Waals surface area (Å²) in [7, 11) is 1.61. The van der Waals surface area contributed by atoms with Gasteiger partial charge in [0.25, 0.3) is 5.91 Å². The van der Waals surface area contributed by atoms with Gasteiger partial charge in [0.1, 0.15) is 11.6 Å². The van der Waals surface area contributed by atoms with Crippen LogP contribution in [0.25, 0.3) is 0 Å². The number of benzene rings is 1. The van der Waals surface area contributed by atoms with Crippen molar-refractivity contribution in [3.8, 4) is 5.75 Å². The number of nitrogens with one attached hydrogen (secondary N) is 1. The molecule has 2 aromatic rings. The van der Waals surface area contributed by atoms with Crippen LogP contribution in [0.2, 0.25) is 0 Å². The smallest absolute Gasteiger partial charge is 0.254 e.